The molecule has 4 heteroatoms. The van der Waals surface area contributed by atoms with Gasteiger partial charge in [0.1, 0.15) is 0 Å². The van der Waals surface area contributed by atoms with Crippen LogP contribution in [-0.4, -0.2) is 19.4 Å². The minimum atomic E-state index is -2.97. The molecule has 3 heterocycles. The Hall–Kier alpha value is -7.14. The summed E-state index contributed by atoms with van der Waals surface area (Å²) in [5, 5.41) is 8.17. The van der Waals surface area contributed by atoms with E-state index in [1.807, 2.05) is 0 Å². The highest BCUT2D eigenvalue weighted by atomic mass is 28.3. The van der Waals surface area contributed by atoms with Gasteiger partial charge in [-0.3, -0.25) is 0 Å². The van der Waals surface area contributed by atoms with Gasteiger partial charge in [0, 0.05) is 33.5 Å². The van der Waals surface area contributed by atoms with Crippen LogP contribution in [0.4, 0.5) is 17.1 Å². The Morgan fingerprint density at radius 2 is 1.02 bits per heavy atom. The molecule has 2 nitrogen and oxygen atoms in total. The molecule has 0 radical (unpaired) electrons. The number of aromatic nitrogens is 1. The van der Waals surface area contributed by atoms with Crippen molar-refractivity contribution < 1.29 is 0 Å². The predicted octanol–water partition coefficient (Wildman–Crippen LogP) is 9.37. The normalized spacial score (nSPS) is 13.6. The van der Waals surface area contributed by atoms with Gasteiger partial charge < -0.3 is 9.47 Å². The summed E-state index contributed by atoms with van der Waals surface area (Å²) in [5.74, 6) is 0. The molecule has 0 amide bonds. The first-order valence-electron chi connectivity index (χ1n) is 21.5. The van der Waals surface area contributed by atoms with Gasteiger partial charge in [0.15, 0.2) is 8.07 Å². The van der Waals surface area contributed by atoms with Crippen LogP contribution in [0.25, 0.3) is 38.6 Å². The standard InChI is InChI=1S/C57H43BN2Si/c1-38-34-39(2)56(40(3)35-38)58-48-25-14-16-28-52(48)60-53-33-31-42(41-30-32-51-47(36-41)46-24-13-15-27-50(46)59(51)43-18-7-4-8-19-43)37-55(53)61(44-20-9-5-10-21-44,45-22-11-6-12-23-45)54-29-17-26-49(58)57(54)60/h4-37H,1-3H3. The number of nitrogens with zero attached hydrogens (tertiary/aromatic N) is 2. The fourth-order valence-corrected chi connectivity index (χ4v) is 16.5. The summed E-state index contributed by atoms with van der Waals surface area (Å²) in [7, 11) is -2.97. The van der Waals surface area contributed by atoms with Gasteiger partial charge in [-0.25, -0.2) is 0 Å². The summed E-state index contributed by atoms with van der Waals surface area (Å²) in [6.45, 7) is 6.93. The predicted molar refractivity (Wildman–Crippen MR) is 263 cm³/mol. The van der Waals surface area contributed by atoms with Crippen LogP contribution in [0.15, 0.2) is 206 Å². The van der Waals surface area contributed by atoms with Crippen LogP contribution in [0, 0.1) is 20.8 Å². The van der Waals surface area contributed by atoms with E-state index >= 15 is 0 Å². The maximum Gasteiger partial charge on any atom is 0.247 e. The lowest BCUT2D eigenvalue weighted by molar-refractivity contribution is 1.18. The summed E-state index contributed by atoms with van der Waals surface area (Å²) in [6.07, 6.45) is 0. The fraction of sp³-hybridized carbons (Fsp3) is 0.0526. The van der Waals surface area contributed by atoms with Gasteiger partial charge in [0.05, 0.1) is 11.0 Å². The Balaban J connectivity index is 1.16. The molecule has 0 atom stereocenters. The smallest absolute Gasteiger partial charge is 0.247 e. The van der Waals surface area contributed by atoms with E-state index in [9.17, 15) is 0 Å². The average Bonchev–Trinajstić information content (AvgIpc) is 3.64. The van der Waals surface area contributed by atoms with Gasteiger partial charge in [-0.1, -0.05) is 186 Å². The summed E-state index contributed by atoms with van der Waals surface area (Å²) in [5.41, 5.74) is 18.1. The molecule has 0 fully saturated rings. The molecule has 0 N–H and O–H groups in total. The van der Waals surface area contributed by atoms with E-state index in [1.165, 1.54) is 110 Å². The molecule has 0 unspecified atom stereocenters. The van der Waals surface area contributed by atoms with Gasteiger partial charge in [-0.2, -0.15) is 0 Å². The number of fused-ring (bicyclic) bond motifs is 7. The van der Waals surface area contributed by atoms with E-state index in [1.54, 1.807) is 0 Å². The first-order chi connectivity index (χ1) is 30.0. The lowest BCUT2D eigenvalue weighted by Crippen LogP contribution is -2.78. The van der Waals surface area contributed by atoms with Crippen molar-refractivity contribution in [2.24, 2.45) is 0 Å². The molecule has 12 rings (SSSR count). The van der Waals surface area contributed by atoms with Crippen molar-refractivity contribution in [3.63, 3.8) is 0 Å². The highest BCUT2D eigenvalue weighted by Crippen LogP contribution is 2.41. The SMILES string of the molecule is Cc1cc(C)c(B2c3ccccc3N3c4ccc(-c5ccc6c(c5)c5ccccc5n6-c5ccccc5)cc4[Si](c4ccccc4)(c4ccccc4)c4cccc2c43)c(C)c1. The Morgan fingerprint density at radius 3 is 1.75 bits per heavy atom. The Bertz CT molecular complexity index is 3290. The van der Waals surface area contributed by atoms with Gasteiger partial charge >= 0.3 is 0 Å². The maximum atomic E-state index is 2.63. The summed E-state index contributed by atoms with van der Waals surface area (Å²) in [6, 6.07) is 78.1. The average molecular weight is 795 g/mol. The second-order valence-corrected chi connectivity index (χ2v) is 20.7. The van der Waals surface area contributed by atoms with E-state index < -0.39 is 8.07 Å². The molecule has 61 heavy (non-hydrogen) atoms. The second-order valence-electron chi connectivity index (χ2n) is 17.0. The molecule has 2 aliphatic heterocycles. The van der Waals surface area contributed by atoms with Gasteiger partial charge in [0.25, 0.3) is 0 Å². The number of anilines is 3. The number of hydrogen-bond donors (Lipinski definition) is 0. The van der Waals surface area contributed by atoms with Crippen LogP contribution in [0.5, 0.6) is 0 Å². The lowest BCUT2D eigenvalue weighted by Gasteiger charge is -2.49. The van der Waals surface area contributed by atoms with Crippen molar-refractivity contribution in [1.29, 1.82) is 0 Å². The lowest BCUT2D eigenvalue weighted by atomic mass is 9.34. The third-order valence-corrected chi connectivity index (χ3v) is 18.4. The molecule has 0 saturated heterocycles. The van der Waals surface area contributed by atoms with E-state index in [4.69, 9.17) is 0 Å². The largest absolute Gasteiger partial charge is 0.312 e. The number of hydrogen-bond acceptors (Lipinski definition) is 1. The summed E-state index contributed by atoms with van der Waals surface area (Å²) in [4.78, 5) is 2.63. The van der Waals surface area contributed by atoms with Crippen molar-refractivity contribution in [2.75, 3.05) is 4.90 Å². The van der Waals surface area contributed by atoms with Crippen molar-refractivity contribution in [1.82, 2.24) is 4.57 Å². The molecule has 1 aromatic heterocycles. The summed E-state index contributed by atoms with van der Waals surface area (Å²) < 4.78 is 2.40. The number of para-hydroxylation sites is 4. The van der Waals surface area contributed by atoms with Crippen LogP contribution >= 0.6 is 0 Å². The van der Waals surface area contributed by atoms with Crippen LogP contribution in [-0.2, 0) is 0 Å². The van der Waals surface area contributed by atoms with Crippen molar-refractivity contribution in [3.8, 4) is 16.8 Å². The van der Waals surface area contributed by atoms with Crippen LogP contribution in [0.2, 0.25) is 0 Å². The van der Waals surface area contributed by atoms with Gasteiger partial charge in [0.2, 0.25) is 6.71 Å². The number of aryl methyl sites for hydroxylation is 3. The zero-order chi connectivity index (χ0) is 40.8. The number of benzene rings is 9. The van der Waals surface area contributed by atoms with E-state index in [0.717, 1.165) is 0 Å². The molecule has 9 aromatic carbocycles. The van der Waals surface area contributed by atoms with E-state index in [-0.39, 0.29) is 6.71 Å². The molecule has 0 saturated carbocycles. The van der Waals surface area contributed by atoms with Crippen LogP contribution < -0.4 is 42.0 Å². The zero-order valence-electron chi connectivity index (χ0n) is 34.6. The highest BCUT2D eigenvalue weighted by Gasteiger charge is 2.52. The molecule has 0 aliphatic carbocycles. The first-order valence-corrected chi connectivity index (χ1v) is 23.5. The Labute approximate surface area is 359 Å². The third-order valence-electron chi connectivity index (χ3n) is 13.6. The molecule has 2 aliphatic rings. The second kappa shape index (κ2) is 13.7. The summed E-state index contributed by atoms with van der Waals surface area (Å²) >= 11 is 0. The molecular formula is C57H43BN2Si. The molecule has 0 bridgehead atoms. The maximum absolute atomic E-state index is 2.97. The minimum absolute atomic E-state index is 0.104. The molecular weight excluding hydrogens is 752 g/mol. The van der Waals surface area contributed by atoms with Crippen LogP contribution in [0.3, 0.4) is 0 Å². The third kappa shape index (κ3) is 5.16. The minimum Gasteiger partial charge on any atom is -0.312 e. The van der Waals surface area contributed by atoms with Gasteiger partial charge in [-0.05, 0) is 106 Å². The van der Waals surface area contributed by atoms with Crippen molar-refractivity contribution >= 4 is 90.8 Å². The van der Waals surface area contributed by atoms with Crippen LogP contribution in [0.1, 0.15) is 16.7 Å². The van der Waals surface area contributed by atoms with Gasteiger partial charge in [-0.15, -0.1) is 0 Å². The topological polar surface area (TPSA) is 8.17 Å². The highest BCUT2D eigenvalue weighted by molar-refractivity contribution is 7.22. The van der Waals surface area contributed by atoms with Crippen molar-refractivity contribution in [3.05, 3.63) is 223 Å². The molecule has 288 valence electrons. The Morgan fingerprint density at radius 1 is 0.426 bits per heavy atom. The fourth-order valence-electron chi connectivity index (χ4n) is 11.3. The Kier molecular flexibility index (Phi) is 8.04. The zero-order valence-corrected chi connectivity index (χ0v) is 35.6. The first kappa shape index (κ1) is 35.8. The number of rotatable bonds is 5. The van der Waals surface area contributed by atoms with E-state index in [0.29, 0.717) is 0 Å². The van der Waals surface area contributed by atoms with Crippen molar-refractivity contribution in [2.45, 2.75) is 20.8 Å². The molecule has 10 aromatic rings. The molecule has 0 spiro atoms. The van der Waals surface area contributed by atoms with E-state index in [2.05, 4.69) is 236 Å². The monoisotopic (exact) mass is 794 g/mol. The quantitative estimate of drug-likeness (QED) is 0.158.